The molecular formula is C21H26N2O2S2. The van der Waals surface area contributed by atoms with Crippen molar-refractivity contribution in [2.75, 3.05) is 6.54 Å². The van der Waals surface area contributed by atoms with Crippen molar-refractivity contribution in [3.05, 3.63) is 52.4 Å². The van der Waals surface area contributed by atoms with E-state index in [1.54, 1.807) is 4.90 Å². The average Bonchev–Trinajstić information content (AvgIpc) is 2.81. The average molecular weight is 403 g/mol. The molecule has 0 atom stereocenters. The van der Waals surface area contributed by atoms with Gasteiger partial charge in [0.2, 0.25) is 5.91 Å². The Kier molecular flexibility index (Phi) is 7.39. The van der Waals surface area contributed by atoms with E-state index in [0.717, 1.165) is 11.1 Å². The third kappa shape index (κ3) is 6.96. The van der Waals surface area contributed by atoms with E-state index >= 15 is 0 Å². The third-order valence-electron chi connectivity index (χ3n) is 3.73. The van der Waals surface area contributed by atoms with Crippen LogP contribution in [0.15, 0.2) is 46.9 Å². The molecule has 0 bridgehead atoms. The van der Waals surface area contributed by atoms with Crippen LogP contribution in [0.5, 0.6) is 0 Å². The van der Waals surface area contributed by atoms with Crippen LogP contribution in [-0.2, 0) is 9.59 Å². The molecule has 1 aromatic rings. The van der Waals surface area contributed by atoms with E-state index in [2.05, 4.69) is 5.32 Å². The van der Waals surface area contributed by atoms with Crippen LogP contribution < -0.4 is 5.32 Å². The SMILES string of the molecule is CC(/C=C1\SC(=S)N(CCCC(=O)NC(C)(C)C)C1=O)=C\c1ccccc1. The second-order valence-electron chi connectivity index (χ2n) is 7.53. The number of hydrogen-bond donors (Lipinski definition) is 1. The zero-order valence-corrected chi connectivity index (χ0v) is 17.9. The number of nitrogens with zero attached hydrogens (tertiary/aromatic N) is 1. The molecule has 1 aliphatic heterocycles. The molecule has 2 amide bonds. The molecule has 1 aromatic carbocycles. The molecule has 0 saturated carbocycles. The summed E-state index contributed by atoms with van der Waals surface area (Å²) in [6.45, 7) is 8.27. The third-order valence-corrected chi connectivity index (χ3v) is 5.10. The van der Waals surface area contributed by atoms with Crippen molar-refractivity contribution >= 4 is 46.2 Å². The number of carbonyl (C=O) groups is 2. The fourth-order valence-electron chi connectivity index (χ4n) is 2.63. The van der Waals surface area contributed by atoms with Gasteiger partial charge in [0.05, 0.1) is 4.91 Å². The van der Waals surface area contributed by atoms with Crippen LogP contribution in [0.2, 0.25) is 0 Å². The second kappa shape index (κ2) is 9.33. The fraction of sp³-hybridized carbons (Fsp3) is 0.381. The van der Waals surface area contributed by atoms with Crippen molar-refractivity contribution in [3.8, 4) is 0 Å². The number of allylic oxidation sites excluding steroid dienone is 2. The van der Waals surface area contributed by atoms with Gasteiger partial charge in [0, 0.05) is 18.5 Å². The van der Waals surface area contributed by atoms with Gasteiger partial charge in [0.25, 0.3) is 5.91 Å². The first kappa shape index (κ1) is 21.4. The number of thioether (sulfide) groups is 1. The molecule has 1 aliphatic rings. The van der Waals surface area contributed by atoms with Gasteiger partial charge in [-0.25, -0.2) is 0 Å². The van der Waals surface area contributed by atoms with E-state index < -0.39 is 0 Å². The summed E-state index contributed by atoms with van der Waals surface area (Å²) in [5.41, 5.74) is 1.84. The largest absolute Gasteiger partial charge is 0.352 e. The first-order valence-electron chi connectivity index (χ1n) is 8.95. The lowest BCUT2D eigenvalue weighted by molar-refractivity contribution is -0.124. The van der Waals surface area contributed by atoms with E-state index in [1.807, 2.05) is 70.2 Å². The Balaban J connectivity index is 1.94. The lowest BCUT2D eigenvalue weighted by Crippen LogP contribution is -2.40. The number of rotatable bonds is 6. The Morgan fingerprint density at radius 1 is 1.26 bits per heavy atom. The van der Waals surface area contributed by atoms with E-state index in [4.69, 9.17) is 12.2 Å². The fourth-order valence-corrected chi connectivity index (χ4v) is 3.99. The zero-order chi connectivity index (χ0) is 20.0. The van der Waals surface area contributed by atoms with Crippen molar-refractivity contribution in [3.63, 3.8) is 0 Å². The number of carbonyl (C=O) groups excluding carboxylic acids is 2. The molecule has 0 aliphatic carbocycles. The predicted molar refractivity (Wildman–Crippen MR) is 117 cm³/mol. The summed E-state index contributed by atoms with van der Waals surface area (Å²) in [5, 5.41) is 2.93. The molecule has 27 heavy (non-hydrogen) atoms. The van der Waals surface area contributed by atoms with Crippen LogP contribution >= 0.6 is 24.0 Å². The molecule has 0 unspecified atom stereocenters. The molecule has 1 heterocycles. The Morgan fingerprint density at radius 2 is 1.93 bits per heavy atom. The van der Waals surface area contributed by atoms with Gasteiger partial charge >= 0.3 is 0 Å². The summed E-state index contributed by atoms with van der Waals surface area (Å²) in [5.74, 6) is -0.0906. The highest BCUT2D eigenvalue weighted by Gasteiger charge is 2.31. The minimum absolute atomic E-state index is 0.00915. The summed E-state index contributed by atoms with van der Waals surface area (Å²) in [6.07, 6.45) is 4.86. The van der Waals surface area contributed by atoms with Crippen molar-refractivity contribution in [1.29, 1.82) is 0 Å². The Bertz CT molecular complexity index is 777. The van der Waals surface area contributed by atoms with Gasteiger partial charge in [0.1, 0.15) is 4.32 Å². The molecule has 4 nitrogen and oxygen atoms in total. The molecular weight excluding hydrogens is 376 g/mol. The molecule has 6 heteroatoms. The van der Waals surface area contributed by atoms with E-state index in [-0.39, 0.29) is 17.4 Å². The minimum Gasteiger partial charge on any atom is -0.352 e. The summed E-state index contributed by atoms with van der Waals surface area (Å²) in [7, 11) is 0. The van der Waals surface area contributed by atoms with Crippen LogP contribution in [0.4, 0.5) is 0 Å². The predicted octanol–water partition coefficient (Wildman–Crippen LogP) is 4.53. The van der Waals surface area contributed by atoms with Crippen LogP contribution in [0, 0.1) is 0 Å². The maximum atomic E-state index is 12.6. The highest BCUT2D eigenvalue weighted by atomic mass is 32.2. The summed E-state index contributed by atoms with van der Waals surface area (Å²) < 4.78 is 0.551. The molecule has 0 spiro atoms. The topological polar surface area (TPSA) is 49.4 Å². The lowest BCUT2D eigenvalue weighted by atomic mass is 10.1. The Labute approximate surface area is 171 Å². The number of hydrogen-bond acceptors (Lipinski definition) is 4. The zero-order valence-electron chi connectivity index (χ0n) is 16.2. The summed E-state index contributed by atoms with van der Waals surface area (Å²) in [4.78, 5) is 26.8. The van der Waals surface area contributed by atoms with Crippen molar-refractivity contribution in [2.45, 2.75) is 46.1 Å². The van der Waals surface area contributed by atoms with Gasteiger partial charge < -0.3 is 5.32 Å². The summed E-state index contributed by atoms with van der Waals surface area (Å²) in [6, 6.07) is 9.97. The smallest absolute Gasteiger partial charge is 0.266 e. The van der Waals surface area contributed by atoms with Crippen molar-refractivity contribution < 1.29 is 9.59 Å². The van der Waals surface area contributed by atoms with E-state index in [1.165, 1.54) is 11.8 Å². The van der Waals surface area contributed by atoms with Gasteiger partial charge in [-0.15, -0.1) is 0 Å². The number of amides is 2. The molecule has 144 valence electrons. The number of nitrogens with one attached hydrogen (secondary N) is 1. The number of benzene rings is 1. The maximum Gasteiger partial charge on any atom is 0.266 e. The Morgan fingerprint density at radius 3 is 2.56 bits per heavy atom. The Hall–Kier alpha value is -1.92. The van der Waals surface area contributed by atoms with Crippen LogP contribution in [0.1, 0.15) is 46.1 Å². The second-order valence-corrected chi connectivity index (χ2v) is 9.21. The molecule has 0 radical (unpaired) electrons. The lowest BCUT2D eigenvalue weighted by Gasteiger charge is -2.21. The molecule has 1 saturated heterocycles. The highest BCUT2D eigenvalue weighted by molar-refractivity contribution is 8.26. The minimum atomic E-state index is -0.246. The molecule has 0 aromatic heterocycles. The quantitative estimate of drug-likeness (QED) is 0.561. The van der Waals surface area contributed by atoms with Gasteiger partial charge in [-0.3, -0.25) is 14.5 Å². The molecule has 1 fully saturated rings. The van der Waals surface area contributed by atoms with Crippen molar-refractivity contribution in [2.24, 2.45) is 0 Å². The first-order chi connectivity index (χ1) is 12.7. The van der Waals surface area contributed by atoms with Gasteiger partial charge in [-0.2, -0.15) is 0 Å². The molecule has 2 rings (SSSR count). The highest BCUT2D eigenvalue weighted by Crippen LogP contribution is 2.32. The normalized spacial score (nSPS) is 17.0. The van der Waals surface area contributed by atoms with Gasteiger partial charge in [0.15, 0.2) is 0 Å². The van der Waals surface area contributed by atoms with E-state index in [0.29, 0.717) is 28.6 Å². The van der Waals surface area contributed by atoms with Gasteiger partial charge in [-0.1, -0.05) is 60.4 Å². The maximum absolute atomic E-state index is 12.6. The monoisotopic (exact) mass is 402 g/mol. The summed E-state index contributed by atoms with van der Waals surface area (Å²) >= 11 is 6.67. The first-order valence-corrected chi connectivity index (χ1v) is 10.2. The standard InChI is InChI=1S/C21H26N2O2S2/c1-15(13-16-9-6-5-7-10-16)14-17-19(25)23(20(26)27-17)12-8-11-18(24)22-21(2,3)4/h5-7,9-10,13-14H,8,11-12H2,1-4H3,(H,22,24)/b15-13+,17-14-. The molecule has 1 N–H and O–H groups in total. The van der Waals surface area contributed by atoms with Crippen LogP contribution in [0.25, 0.3) is 6.08 Å². The van der Waals surface area contributed by atoms with E-state index in [9.17, 15) is 9.59 Å². The van der Waals surface area contributed by atoms with Crippen molar-refractivity contribution in [1.82, 2.24) is 10.2 Å². The number of thiocarbonyl (C=S) groups is 1. The van der Waals surface area contributed by atoms with Crippen LogP contribution in [-0.4, -0.2) is 33.1 Å². The van der Waals surface area contributed by atoms with Crippen LogP contribution in [0.3, 0.4) is 0 Å². The van der Waals surface area contributed by atoms with Gasteiger partial charge in [-0.05, 0) is 51.3 Å².